The maximum Gasteiger partial charge on any atom is 0 e. The van der Waals surface area contributed by atoms with E-state index in [4.69, 9.17) is 0 Å². The summed E-state index contributed by atoms with van der Waals surface area (Å²) in [4.78, 5) is 0. The summed E-state index contributed by atoms with van der Waals surface area (Å²) in [7, 11) is 0. The van der Waals surface area contributed by atoms with Crippen molar-refractivity contribution in [1.82, 2.24) is 0 Å². The molecule has 0 nitrogen and oxygen atoms in total. The molecule has 0 aliphatic heterocycles. The summed E-state index contributed by atoms with van der Waals surface area (Å²) in [5.74, 6) is 0. The summed E-state index contributed by atoms with van der Waals surface area (Å²) in [6.07, 6.45) is 0. The minimum Gasteiger partial charge on any atom is -0.165 e. The molecule has 0 radical (unpaired) electrons. The van der Waals surface area contributed by atoms with E-state index in [0.717, 1.165) is 0 Å². The molecule has 0 atom stereocenters. The molecule has 1 heteroatoms. The van der Waals surface area contributed by atoms with Gasteiger partial charge >= 0.3 is 0 Å². The monoisotopic (exact) mass is 323 g/mol. The fraction of sp³-hybridized carbons (Fsp3) is 0.167. The zero-order chi connectivity index (χ0) is 12.7. The molecule has 0 aliphatic rings. The molecule has 0 bridgehead atoms. The second-order valence-electron chi connectivity index (χ2n) is 5.11. The van der Waals surface area contributed by atoms with Crippen molar-refractivity contribution in [2.75, 3.05) is 0 Å². The third-order valence-corrected chi connectivity index (χ3v) is 3.65. The van der Waals surface area contributed by atoms with Crippen LogP contribution in [-0.2, 0) is 26.2 Å². The fourth-order valence-electron chi connectivity index (χ4n) is 2.84. The van der Waals surface area contributed by atoms with Crippen molar-refractivity contribution in [1.29, 1.82) is 0 Å². The summed E-state index contributed by atoms with van der Waals surface area (Å²) in [5, 5.41) is 2.71. The Morgan fingerprint density at radius 2 is 1.47 bits per heavy atom. The smallest absolute Gasteiger partial charge is 0 e. The normalized spacial score (nSPS) is 10.5. The van der Waals surface area contributed by atoms with Crippen LogP contribution in [-0.4, -0.2) is 0 Å². The predicted molar refractivity (Wildman–Crippen MR) is 79.2 cm³/mol. The fourth-order valence-corrected chi connectivity index (χ4v) is 2.84. The van der Waals surface area contributed by atoms with Gasteiger partial charge in [0.1, 0.15) is 0 Å². The van der Waals surface area contributed by atoms with Crippen LogP contribution in [0.2, 0.25) is 0 Å². The SMILES string of the molecule is Cc1cc2c(-c3c(C)cccc3C)cccc2[cH-]1.[Zr]. The van der Waals surface area contributed by atoms with Crippen molar-refractivity contribution in [2.45, 2.75) is 20.8 Å². The Kier molecular flexibility index (Phi) is 4.16. The summed E-state index contributed by atoms with van der Waals surface area (Å²) in [6.45, 7) is 6.54. The van der Waals surface area contributed by atoms with Crippen LogP contribution < -0.4 is 0 Å². The second-order valence-corrected chi connectivity index (χ2v) is 5.11. The Morgan fingerprint density at radius 3 is 2.16 bits per heavy atom. The summed E-state index contributed by atoms with van der Waals surface area (Å²) in [6, 6.07) is 17.6. The van der Waals surface area contributed by atoms with Crippen LogP contribution in [0.3, 0.4) is 0 Å². The number of fused-ring (bicyclic) bond motifs is 1. The molecular formula is C18H17Zr-. The average molecular weight is 325 g/mol. The van der Waals surface area contributed by atoms with Crippen molar-refractivity contribution in [2.24, 2.45) is 0 Å². The average Bonchev–Trinajstić information content (AvgIpc) is 2.70. The molecule has 0 N–H and O–H groups in total. The molecule has 0 spiro atoms. The molecule has 0 aromatic heterocycles. The standard InChI is InChI=1S/C18H17.Zr/c1-12-10-15-8-5-9-16(17(15)11-12)18-13(2)6-4-7-14(18)3;/h4-11H,1-3H3;/q-1;. The third-order valence-electron chi connectivity index (χ3n) is 3.65. The van der Waals surface area contributed by atoms with Crippen molar-refractivity contribution < 1.29 is 26.2 Å². The van der Waals surface area contributed by atoms with E-state index in [0.29, 0.717) is 0 Å². The van der Waals surface area contributed by atoms with E-state index in [1.54, 1.807) is 0 Å². The zero-order valence-corrected chi connectivity index (χ0v) is 14.1. The number of rotatable bonds is 1. The van der Waals surface area contributed by atoms with Crippen molar-refractivity contribution in [3.8, 4) is 11.1 Å². The molecule has 94 valence electrons. The predicted octanol–water partition coefficient (Wildman–Crippen LogP) is 5.15. The van der Waals surface area contributed by atoms with Crippen LogP contribution >= 0.6 is 0 Å². The van der Waals surface area contributed by atoms with Gasteiger partial charge < -0.3 is 0 Å². The third kappa shape index (κ3) is 2.49. The van der Waals surface area contributed by atoms with Crippen LogP contribution in [0.15, 0.2) is 48.5 Å². The Morgan fingerprint density at radius 1 is 0.842 bits per heavy atom. The number of hydrogen-bond acceptors (Lipinski definition) is 0. The van der Waals surface area contributed by atoms with Gasteiger partial charge in [-0.2, -0.15) is 6.07 Å². The number of hydrogen-bond donors (Lipinski definition) is 0. The first-order valence-corrected chi connectivity index (χ1v) is 6.39. The zero-order valence-electron chi connectivity index (χ0n) is 11.6. The minimum atomic E-state index is 0. The van der Waals surface area contributed by atoms with Crippen LogP contribution in [0, 0.1) is 20.8 Å². The Hall–Kier alpha value is -1.07. The van der Waals surface area contributed by atoms with Crippen molar-refractivity contribution in [3.05, 3.63) is 65.2 Å². The van der Waals surface area contributed by atoms with Gasteiger partial charge in [-0.3, -0.25) is 0 Å². The van der Waals surface area contributed by atoms with E-state index in [2.05, 4.69) is 69.3 Å². The second kappa shape index (κ2) is 5.51. The van der Waals surface area contributed by atoms with E-state index in [1.165, 1.54) is 38.6 Å². The van der Waals surface area contributed by atoms with Crippen molar-refractivity contribution >= 4 is 10.8 Å². The minimum absolute atomic E-state index is 0. The van der Waals surface area contributed by atoms with Gasteiger partial charge in [0, 0.05) is 26.2 Å². The van der Waals surface area contributed by atoms with Crippen LogP contribution in [0.5, 0.6) is 0 Å². The molecule has 0 heterocycles. The van der Waals surface area contributed by atoms with Crippen LogP contribution in [0.4, 0.5) is 0 Å². The molecule has 3 aromatic rings. The molecular weight excluding hydrogens is 307 g/mol. The Balaban J connectivity index is 0.00000133. The topological polar surface area (TPSA) is 0 Å². The number of benzene rings is 2. The van der Waals surface area contributed by atoms with E-state index in [1.807, 2.05) is 0 Å². The van der Waals surface area contributed by atoms with E-state index in [-0.39, 0.29) is 26.2 Å². The van der Waals surface area contributed by atoms with E-state index >= 15 is 0 Å². The van der Waals surface area contributed by atoms with Gasteiger partial charge in [-0.25, -0.2) is 0 Å². The first kappa shape index (κ1) is 14.3. The maximum atomic E-state index is 2.29. The van der Waals surface area contributed by atoms with E-state index in [9.17, 15) is 0 Å². The molecule has 3 aromatic carbocycles. The van der Waals surface area contributed by atoms with Gasteiger partial charge in [-0.1, -0.05) is 36.8 Å². The molecule has 0 fully saturated rings. The summed E-state index contributed by atoms with van der Waals surface area (Å²) in [5.41, 5.74) is 6.77. The molecule has 0 unspecified atom stereocenters. The summed E-state index contributed by atoms with van der Waals surface area (Å²) >= 11 is 0. The molecule has 0 amide bonds. The molecule has 0 saturated carbocycles. The number of aryl methyl sites for hydroxylation is 3. The van der Waals surface area contributed by atoms with Gasteiger partial charge in [0.05, 0.1) is 0 Å². The van der Waals surface area contributed by atoms with Crippen molar-refractivity contribution in [3.63, 3.8) is 0 Å². The van der Waals surface area contributed by atoms with Crippen LogP contribution in [0.25, 0.3) is 21.9 Å². The molecule has 3 rings (SSSR count). The summed E-state index contributed by atoms with van der Waals surface area (Å²) < 4.78 is 0. The molecule has 0 aliphatic carbocycles. The van der Waals surface area contributed by atoms with Gasteiger partial charge in [0.2, 0.25) is 0 Å². The Bertz CT molecular complexity index is 699. The van der Waals surface area contributed by atoms with Crippen LogP contribution in [0.1, 0.15) is 16.7 Å². The first-order chi connectivity index (χ1) is 8.66. The molecule has 0 saturated heterocycles. The quantitative estimate of drug-likeness (QED) is 0.543. The van der Waals surface area contributed by atoms with Gasteiger partial charge in [0.15, 0.2) is 0 Å². The van der Waals surface area contributed by atoms with Gasteiger partial charge in [-0.15, -0.1) is 34.5 Å². The first-order valence-electron chi connectivity index (χ1n) is 6.39. The Labute approximate surface area is 134 Å². The maximum absolute atomic E-state index is 2.29. The van der Waals surface area contributed by atoms with E-state index < -0.39 is 0 Å². The largest absolute Gasteiger partial charge is 0.165 e. The molecule has 19 heavy (non-hydrogen) atoms. The van der Waals surface area contributed by atoms with Gasteiger partial charge in [-0.05, 0) is 30.5 Å². The van der Waals surface area contributed by atoms with Gasteiger partial charge in [0.25, 0.3) is 0 Å².